The highest BCUT2D eigenvalue weighted by Crippen LogP contribution is 2.44. The lowest BCUT2D eigenvalue weighted by Gasteiger charge is -2.37. The van der Waals surface area contributed by atoms with E-state index in [0.717, 1.165) is 42.6 Å². The highest BCUT2D eigenvalue weighted by molar-refractivity contribution is 5.90. The molecule has 3 aliphatic heterocycles. The summed E-state index contributed by atoms with van der Waals surface area (Å²) < 4.78 is 7.33. The zero-order chi connectivity index (χ0) is 20.8. The van der Waals surface area contributed by atoms with Crippen LogP contribution < -0.4 is 0 Å². The van der Waals surface area contributed by atoms with E-state index in [2.05, 4.69) is 15.0 Å². The van der Waals surface area contributed by atoms with Crippen molar-refractivity contribution in [2.45, 2.75) is 58.0 Å². The number of carbonyl (C=O) groups excluding carboxylic acids is 2. The van der Waals surface area contributed by atoms with Crippen molar-refractivity contribution < 1.29 is 14.3 Å². The summed E-state index contributed by atoms with van der Waals surface area (Å²) in [5, 5.41) is 4.62. The van der Waals surface area contributed by atoms with Crippen LogP contribution in [-0.4, -0.2) is 68.6 Å². The molecular weight excluding hydrogens is 382 g/mol. The quantitative estimate of drug-likeness (QED) is 0.679. The standard InChI is InChI=1S/C22H29N5O3/c1-3-30-8-4-7-25-13-15(10-21(25)28)22(29)26-16-5-6-18(26)17-12-23-20-9-14(2)24-27(20)19(17)11-16/h9,12,15-16,18H,3-8,10-11,13H2,1-2H3/t15-,16-,18-/m0/s1. The number of carbonyl (C=O) groups is 2. The number of aryl methyl sites for hydroxylation is 1. The molecule has 5 heterocycles. The Bertz CT molecular complexity index is 987. The third-order valence-corrected chi connectivity index (χ3v) is 6.77. The Morgan fingerprint density at radius 2 is 2.17 bits per heavy atom. The number of ether oxygens (including phenoxy) is 1. The Morgan fingerprint density at radius 3 is 3.00 bits per heavy atom. The van der Waals surface area contributed by atoms with E-state index in [1.807, 2.05) is 35.5 Å². The van der Waals surface area contributed by atoms with Gasteiger partial charge in [-0.25, -0.2) is 9.50 Å². The Morgan fingerprint density at radius 1 is 1.30 bits per heavy atom. The number of hydrogen-bond acceptors (Lipinski definition) is 5. The highest BCUT2D eigenvalue weighted by atomic mass is 16.5. The fraction of sp³-hybridized carbons (Fsp3) is 0.636. The first kappa shape index (κ1) is 19.5. The van der Waals surface area contributed by atoms with Crippen molar-refractivity contribution >= 4 is 17.5 Å². The summed E-state index contributed by atoms with van der Waals surface area (Å²) in [5.41, 5.74) is 4.13. The molecule has 8 nitrogen and oxygen atoms in total. The Labute approximate surface area is 176 Å². The average molecular weight is 412 g/mol. The van der Waals surface area contributed by atoms with Gasteiger partial charge in [-0.1, -0.05) is 0 Å². The van der Waals surface area contributed by atoms with Crippen LogP contribution in [0.25, 0.3) is 5.65 Å². The lowest BCUT2D eigenvalue weighted by Crippen LogP contribution is -2.46. The van der Waals surface area contributed by atoms with E-state index < -0.39 is 0 Å². The second-order valence-electron chi connectivity index (χ2n) is 8.70. The first-order valence-electron chi connectivity index (χ1n) is 11.1. The van der Waals surface area contributed by atoms with Gasteiger partial charge in [-0.3, -0.25) is 9.59 Å². The van der Waals surface area contributed by atoms with Gasteiger partial charge in [0.2, 0.25) is 11.8 Å². The summed E-state index contributed by atoms with van der Waals surface area (Å²) in [6, 6.07) is 2.23. The normalized spacial score (nSPS) is 25.4. The van der Waals surface area contributed by atoms with E-state index in [1.54, 1.807) is 0 Å². The summed E-state index contributed by atoms with van der Waals surface area (Å²) in [6.45, 7) is 6.48. The molecule has 160 valence electrons. The molecule has 2 aromatic heterocycles. The summed E-state index contributed by atoms with van der Waals surface area (Å²) in [6.07, 6.45) is 5.81. The fourth-order valence-corrected chi connectivity index (χ4v) is 5.40. The molecule has 8 heteroatoms. The maximum absolute atomic E-state index is 13.5. The summed E-state index contributed by atoms with van der Waals surface area (Å²) >= 11 is 0. The molecule has 3 aliphatic rings. The number of aromatic nitrogens is 3. The van der Waals surface area contributed by atoms with Gasteiger partial charge in [0.05, 0.1) is 23.3 Å². The van der Waals surface area contributed by atoms with Gasteiger partial charge in [0.15, 0.2) is 5.65 Å². The van der Waals surface area contributed by atoms with Gasteiger partial charge in [-0.15, -0.1) is 0 Å². The van der Waals surface area contributed by atoms with Gasteiger partial charge >= 0.3 is 0 Å². The second kappa shape index (κ2) is 7.65. The van der Waals surface area contributed by atoms with Crippen LogP contribution in [0.2, 0.25) is 0 Å². The molecule has 5 rings (SSSR count). The molecule has 30 heavy (non-hydrogen) atoms. The van der Waals surface area contributed by atoms with E-state index in [-0.39, 0.29) is 29.8 Å². The molecule has 0 radical (unpaired) electrons. The van der Waals surface area contributed by atoms with Crippen LogP contribution in [0.15, 0.2) is 12.3 Å². The van der Waals surface area contributed by atoms with Crippen LogP contribution in [-0.2, 0) is 20.7 Å². The predicted octanol–water partition coefficient (Wildman–Crippen LogP) is 1.90. The zero-order valence-electron chi connectivity index (χ0n) is 17.7. The van der Waals surface area contributed by atoms with Gasteiger partial charge in [-0.2, -0.15) is 5.10 Å². The van der Waals surface area contributed by atoms with Crippen molar-refractivity contribution in [2.75, 3.05) is 26.3 Å². The lowest BCUT2D eigenvalue weighted by atomic mass is 9.96. The summed E-state index contributed by atoms with van der Waals surface area (Å²) in [5.74, 6) is -0.0200. The molecule has 0 saturated carbocycles. The second-order valence-corrected chi connectivity index (χ2v) is 8.70. The molecule has 0 unspecified atom stereocenters. The molecule has 0 spiro atoms. The smallest absolute Gasteiger partial charge is 0.228 e. The molecule has 2 fully saturated rings. The van der Waals surface area contributed by atoms with Crippen LogP contribution in [0.1, 0.15) is 55.6 Å². The minimum absolute atomic E-state index is 0.0507. The minimum atomic E-state index is -0.238. The summed E-state index contributed by atoms with van der Waals surface area (Å²) in [7, 11) is 0. The van der Waals surface area contributed by atoms with Crippen LogP contribution in [0.3, 0.4) is 0 Å². The van der Waals surface area contributed by atoms with Crippen LogP contribution in [0.4, 0.5) is 0 Å². The highest BCUT2D eigenvalue weighted by Gasteiger charge is 2.47. The number of rotatable bonds is 6. The Balaban J connectivity index is 1.33. The SMILES string of the molecule is CCOCCCN1C[C@@H](C(=O)N2[C@H]3CC[C@H]2c2cnc4cc(C)nn4c2C3)CC1=O. The molecular formula is C22H29N5O3. The number of nitrogens with zero attached hydrogens (tertiary/aromatic N) is 5. The van der Waals surface area contributed by atoms with Gasteiger partial charge in [0.1, 0.15) is 0 Å². The van der Waals surface area contributed by atoms with Crippen molar-refractivity contribution in [2.24, 2.45) is 5.92 Å². The molecule has 3 atom stereocenters. The van der Waals surface area contributed by atoms with Crippen LogP contribution in [0.5, 0.6) is 0 Å². The van der Waals surface area contributed by atoms with E-state index >= 15 is 0 Å². The Kier molecular flexibility index (Phi) is 4.97. The third-order valence-electron chi connectivity index (χ3n) is 6.77. The average Bonchev–Trinajstić information content (AvgIpc) is 3.39. The minimum Gasteiger partial charge on any atom is -0.382 e. The van der Waals surface area contributed by atoms with E-state index in [9.17, 15) is 9.59 Å². The van der Waals surface area contributed by atoms with Crippen molar-refractivity contribution in [3.05, 3.63) is 29.2 Å². The van der Waals surface area contributed by atoms with Crippen molar-refractivity contribution in [3.63, 3.8) is 0 Å². The van der Waals surface area contributed by atoms with Gasteiger partial charge in [-0.05, 0) is 33.1 Å². The van der Waals surface area contributed by atoms with Gasteiger partial charge in [0, 0.05) is 63.0 Å². The number of amides is 2. The van der Waals surface area contributed by atoms with Crippen molar-refractivity contribution in [1.29, 1.82) is 0 Å². The monoisotopic (exact) mass is 411 g/mol. The molecule has 2 aromatic rings. The number of likely N-dealkylation sites (tertiary alicyclic amines) is 1. The lowest BCUT2D eigenvalue weighted by molar-refractivity contribution is -0.139. The molecule has 0 aromatic carbocycles. The predicted molar refractivity (Wildman–Crippen MR) is 110 cm³/mol. The number of hydrogen-bond donors (Lipinski definition) is 0. The van der Waals surface area contributed by atoms with E-state index in [4.69, 9.17) is 4.74 Å². The first-order chi connectivity index (χ1) is 14.6. The Hall–Kier alpha value is -2.48. The molecule has 2 amide bonds. The van der Waals surface area contributed by atoms with Crippen molar-refractivity contribution in [3.8, 4) is 0 Å². The van der Waals surface area contributed by atoms with Crippen LogP contribution >= 0.6 is 0 Å². The zero-order valence-corrected chi connectivity index (χ0v) is 17.7. The largest absolute Gasteiger partial charge is 0.382 e. The topological polar surface area (TPSA) is 80.0 Å². The number of fused-ring (bicyclic) bond motifs is 6. The fourth-order valence-electron chi connectivity index (χ4n) is 5.40. The first-order valence-corrected chi connectivity index (χ1v) is 11.1. The molecule has 2 saturated heterocycles. The summed E-state index contributed by atoms with van der Waals surface area (Å²) in [4.78, 5) is 34.4. The molecule has 2 bridgehead atoms. The van der Waals surface area contributed by atoms with Gasteiger partial charge in [0.25, 0.3) is 0 Å². The van der Waals surface area contributed by atoms with Crippen molar-refractivity contribution in [1.82, 2.24) is 24.4 Å². The van der Waals surface area contributed by atoms with E-state index in [0.29, 0.717) is 32.7 Å². The van der Waals surface area contributed by atoms with Gasteiger partial charge < -0.3 is 14.5 Å². The molecule has 0 N–H and O–H groups in total. The molecule has 0 aliphatic carbocycles. The van der Waals surface area contributed by atoms with Crippen LogP contribution in [0, 0.1) is 12.8 Å². The maximum Gasteiger partial charge on any atom is 0.228 e. The van der Waals surface area contributed by atoms with E-state index in [1.165, 1.54) is 5.69 Å². The third kappa shape index (κ3) is 3.17. The maximum atomic E-state index is 13.5.